The predicted octanol–water partition coefficient (Wildman–Crippen LogP) is 5.69. The van der Waals surface area contributed by atoms with Crippen LogP contribution in [0.2, 0.25) is 0 Å². The highest BCUT2D eigenvalue weighted by Gasteiger charge is 2.52. The topological polar surface area (TPSA) is 47.4 Å². The second-order valence-electron chi connectivity index (χ2n) is 8.74. The Labute approximate surface area is 181 Å². The number of nitrogens with zero attached hydrogens (tertiary/aromatic N) is 3. The maximum atomic E-state index is 12.7. The van der Waals surface area contributed by atoms with Gasteiger partial charge in [-0.2, -0.15) is 18.3 Å². The Morgan fingerprint density at radius 1 is 1.24 bits per heavy atom. The van der Waals surface area contributed by atoms with Crippen LogP contribution in [0.5, 0.6) is 0 Å². The van der Waals surface area contributed by atoms with Crippen LogP contribution in [-0.4, -0.2) is 45.6 Å². The maximum absolute atomic E-state index is 12.7. The fourth-order valence-corrected chi connectivity index (χ4v) is 4.14. The van der Waals surface area contributed by atoms with E-state index in [4.69, 9.17) is 39.5 Å². The molecule has 1 saturated heterocycles. The van der Waals surface area contributed by atoms with Crippen molar-refractivity contribution in [3.63, 3.8) is 0 Å². The number of likely N-dealkylation sites (tertiary alicyclic amines) is 1. The van der Waals surface area contributed by atoms with Gasteiger partial charge in [-0.1, -0.05) is 46.5 Å². The molecule has 1 aliphatic carbocycles. The van der Waals surface area contributed by atoms with Crippen LogP contribution in [0.15, 0.2) is 11.8 Å². The number of hydrogen-bond donors (Lipinski definition) is 0. The van der Waals surface area contributed by atoms with E-state index >= 15 is 0 Å². The van der Waals surface area contributed by atoms with Gasteiger partial charge in [-0.15, -0.1) is 0 Å². The zero-order valence-corrected chi connectivity index (χ0v) is 18.4. The van der Waals surface area contributed by atoms with E-state index in [2.05, 4.69) is 5.10 Å². The molecule has 2 fully saturated rings. The van der Waals surface area contributed by atoms with Gasteiger partial charge in [-0.25, -0.2) is 4.79 Å². The first kappa shape index (κ1) is 22.6. The summed E-state index contributed by atoms with van der Waals surface area (Å²) in [7, 11) is 0. The number of alkyl halides is 6. The fraction of sp³-hybridized carbons (Fsp3) is 0.667. The molecule has 0 aromatic carbocycles. The highest BCUT2D eigenvalue weighted by Crippen LogP contribution is 2.53. The van der Waals surface area contributed by atoms with Crippen molar-refractivity contribution >= 4 is 47.0 Å². The molecule has 1 aromatic rings. The van der Waals surface area contributed by atoms with Crippen LogP contribution >= 0.6 is 34.8 Å². The quantitative estimate of drug-likeness (QED) is 0.518. The third-order valence-electron chi connectivity index (χ3n) is 4.67. The van der Waals surface area contributed by atoms with Crippen LogP contribution in [-0.2, 0) is 15.1 Å². The molecule has 1 amide bonds. The summed E-state index contributed by atoms with van der Waals surface area (Å²) >= 11 is 17.6. The van der Waals surface area contributed by atoms with Crippen molar-refractivity contribution in [2.45, 2.75) is 55.7 Å². The van der Waals surface area contributed by atoms with Crippen molar-refractivity contribution < 1.29 is 22.7 Å². The molecule has 5 nitrogen and oxygen atoms in total. The Kier molecular flexibility index (Phi) is 5.63. The number of rotatable bonds is 2. The Bertz CT molecular complexity index is 822. The lowest BCUT2D eigenvalue weighted by atomic mass is 9.60. The number of amides is 1. The zero-order chi connectivity index (χ0) is 21.8. The summed E-state index contributed by atoms with van der Waals surface area (Å²) < 4.78 is 42.1. The maximum Gasteiger partial charge on any atom is 0.410 e. The zero-order valence-electron chi connectivity index (χ0n) is 16.1. The summed E-state index contributed by atoms with van der Waals surface area (Å²) in [4.78, 5) is 13.7. The molecule has 0 N–H and O–H groups in total. The minimum Gasteiger partial charge on any atom is -0.444 e. The third kappa shape index (κ3) is 5.52. The SMILES string of the molecule is CC(C)(C)OC(=O)N1CC2(CC(=Cc3cn(CC(F)(F)F)nc3C(Cl)(Cl)Cl)C2)C1. The van der Waals surface area contributed by atoms with Crippen LogP contribution in [0, 0.1) is 5.41 Å². The molecule has 0 bridgehead atoms. The lowest BCUT2D eigenvalue weighted by Crippen LogP contribution is -2.62. The van der Waals surface area contributed by atoms with Gasteiger partial charge in [-0.3, -0.25) is 4.68 Å². The molecular weight excluding hydrogens is 454 g/mol. The molecule has 0 radical (unpaired) electrons. The lowest BCUT2D eigenvalue weighted by molar-refractivity contribution is -0.142. The van der Waals surface area contributed by atoms with E-state index < -0.39 is 22.1 Å². The summed E-state index contributed by atoms with van der Waals surface area (Å²) in [6.07, 6.45) is -0.382. The van der Waals surface area contributed by atoms with E-state index in [1.54, 1.807) is 11.0 Å². The second-order valence-corrected chi connectivity index (χ2v) is 11.0. The third-order valence-corrected chi connectivity index (χ3v) is 5.20. The molecule has 1 saturated carbocycles. The van der Waals surface area contributed by atoms with Crippen LogP contribution in [0.4, 0.5) is 18.0 Å². The smallest absolute Gasteiger partial charge is 0.410 e. The summed E-state index contributed by atoms with van der Waals surface area (Å²) in [5.41, 5.74) is 0.766. The summed E-state index contributed by atoms with van der Waals surface area (Å²) in [5.74, 6) is 0. The number of halogens is 6. The Morgan fingerprint density at radius 2 is 1.83 bits per heavy atom. The highest BCUT2D eigenvalue weighted by atomic mass is 35.6. The van der Waals surface area contributed by atoms with Crippen LogP contribution in [0.25, 0.3) is 6.08 Å². The number of allylic oxidation sites excluding steroid dienone is 1. The molecule has 162 valence electrons. The monoisotopic (exact) mass is 473 g/mol. The van der Waals surface area contributed by atoms with Gasteiger partial charge in [0.1, 0.15) is 17.8 Å². The van der Waals surface area contributed by atoms with Gasteiger partial charge in [-0.05, 0) is 33.6 Å². The summed E-state index contributed by atoms with van der Waals surface area (Å²) in [6, 6.07) is 0. The average molecular weight is 475 g/mol. The Balaban J connectivity index is 1.65. The number of aromatic nitrogens is 2. The van der Waals surface area contributed by atoms with Crippen LogP contribution in [0.1, 0.15) is 44.9 Å². The molecule has 0 atom stereocenters. The Morgan fingerprint density at radius 3 is 2.31 bits per heavy atom. The van der Waals surface area contributed by atoms with Gasteiger partial charge < -0.3 is 9.64 Å². The van der Waals surface area contributed by atoms with E-state index in [-0.39, 0.29) is 17.2 Å². The van der Waals surface area contributed by atoms with Gasteiger partial charge in [0.25, 0.3) is 0 Å². The molecule has 2 aliphatic rings. The van der Waals surface area contributed by atoms with Crippen LogP contribution < -0.4 is 0 Å². The van der Waals surface area contributed by atoms with Crippen molar-refractivity contribution in [1.82, 2.24) is 14.7 Å². The minimum atomic E-state index is -4.43. The van der Waals surface area contributed by atoms with E-state index in [1.165, 1.54) is 6.20 Å². The van der Waals surface area contributed by atoms with E-state index in [0.29, 0.717) is 18.7 Å². The minimum absolute atomic E-state index is 0.00908. The molecule has 2 heterocycles. The first-order chi connectivity index (χ1) is 13.1. The van der Waals surface area contributed by atoms with Crippen molar-refractivity contribution in [1.29, 1.82) is 0 Å². The normalized spacial score (nSPS) is 19.1. The fourth-order valence-electron chi connectivity index (χ4n) is 3.70. The van der Waals surface area contributed by atoms with Gasteiger partial charge in [0.2, 0.25) is 3.79 Å². The van der Waals surface area contributed by atoms with Crippen molar-refractivity contribution in [2.24, 2.45) is 5.41 Å². The molecule has 29 heavy (non-hydrogen) atoms. The first-order valence-corrected chi connectivity index (χ1v) is 10.1. The molecule has 3 rings (SSSR count). The second kappa shape index (κ2) is 7.24. The molecule has 1 aliphatic heterocycles. The van der Waals surface area contributed by atoms with Crippen LogP contribution in [0.3, 0.4) is 0 Å². The molecule has 1 aromatic heterocycles. The average Bonchev–Trinajstić information content (AvgIpc) is 2.77. The largest absolute Gasteiger partial charge is 0.444 e. The molecule has 1 spiro atoms. The van der Waals surface area contributed by atoms with Crippen molar-refractivity contribution in [3.8, 4) is 0 Å². The van der Waals surface area contributed by atoms with Gasteiger partial charge in [0.05, 0.1) is 0 Å². The Hall–Kier alpha value is -1.12. The van der Waals surface area contributed by atoms with E-state index in [0.717, 1.165) is 23.1 Å². The summed E-state index contributed by atoms with van der Waals surface area (Å²) in [6.45, 7) is 5.34. The van der Waals surface area contributed by atoms with Crippen molar-refractivity contribution in [2.75, 3.05) is 13.1 Å². The number of carbonyl (C=O) groups is 1. The molecule has 0 unspecified atom stereocenters. The lowest BCUT2D eigenvalue weighted by Gasteiger charge is -2.56. The number of ether oxygens (including phenoxy) is 1. The van der Waals surface area contributed by atoms with Gasteiger partial charge in [0, 0.05) is 30.3 Å². The standard InChI is InChI=1S/C18H21Cl3F3N3O2/c1-15(2,3)29-14(28)26-8-16(9-26)5-11(6-16)4-12-7-27(10-17(22,23)24)25-13(12)18(19,20)21/h4,7H,5-6,8-10H2,1-3H3. The van der Waals surface area contributed by atoms with Crippen molar-refractivity contribution in [3.05, 3.63) is 23.0 Å². The molecular formula is C18H21Cl3F3N3O2. The number of hydrogen-bond acceptors (Lipinski definition) is 3. The highest BCUT2D eigenvalue weighted by molar-refractivity contribution is 6.66. The number of carbonyl (C=O) groups excluding carboxylic acids is 1. The predicted molar refractivity (Wildman–Crippen MR) is 105 cm³/mol. The van der Waals surface area contributed by atoms with E-state index in [9.17, 15) is 18.0 Å². The first-order valence-electron chi connectivity index (χ1n) is 8.94. The van der Waals surface area contributed by atoms with Gasteiger partial charge >= 0.3 is 12.3 Å². The van der Waals surface area contributed by atoms with Gasteiger partial charge in [0.15, 0.2) is 0 Å². The summed E-state index contributed by atoms with van der Waals surface area (Å²) in [5, 5.41) is 3.80. The molecule has 11 heteroatoms. The van der Waals surface area contributed by atoms with E-state index in [1.807, 2.05) is 20.8 Å².